The maximum absolute atomic E-state index is 11.0. The summed E-state index contributed by atoms with van der Waals surface area (Å²) in [5, 5.41) is 2.92. The number of amides is 1. The molecule has 0 bridgehead atoms. The lowest BCUT2D eigenvalue weighted by molar-refractivity contribution is -0.122. The zero-order valence-corrected chi connectivity index (χ0v) is 9.24. The van der Waals surface area contributed by atoms with E-state index < -0.39 is 5.54 Å². The Morgan fingerprint density at radius 1 is 1.69 bits per heavy atom. The number of hydrogen-bond donors (Lipinski definition) is 2. The van der Waals surface area contributed by atoms with Crippen LogP contribution in [0, 0.1) is 0 Å². The van der Waals surface area contributed by atoms with Gasteiger partial charge in [0.2, 0.25) is 5.91 Å². The van der Waals surface area contributed by atoms with E-state index in [1.807, 2.05) is 0 Å². The van der Waals surface area contributed by atoms with Crippen LogP contribution in [0.25, 0.3) is 0 Å². The fraction of sp³-hybridized carbons (Fsp3) is 0.875. The number of rotatable bonds is 7. The second kappa shape index (κ2) is 6.23. The van der Waals surface area contributed by atoms with Crippen molar-refractivity contribution in [1.29, 1.82) is 0 Å². The van der Waals surface area contributed by atoms with Crippen molar-refractivity contribution in [3.05, 3.63) is 0 Å². The van der Waals surface area contributed by atoms with Gasteiger partial charge in [-0.2, -0.15) is 11.8 Å². The summed E-state index contributed by atoms with van der Waals surface area (Å²) in [4.78, 5) is 11.0. The van der Waals surface area contributed by atoms with Gasteiger partial charge in [-0.15, -0.1) is 0 Å². The van der Waals surface area contributed by atoms with Gasteiger partial charge >= 0.3 is 0 Å². The molecule has 0 aromatic rings. The van der Waals surface area contributed by atoms with E-state index >= 15 is 0 Å². The van der Waals surface area contributed by atoms with Crippen molar-refractivity contribution >= 4 is 17.7 Å². The Kier molecular flexibility index (Phi) is 6.11. The summed E-state index contributed by atoms with van der Waals surface area (Å²) in [6, 6.07) is 0. The van der Waals surface area contributed by atoms with Gasteiger partial charge in [-0.05, 0) is 14.0 Å². The molecule has 0 aromatic heterocycles. The SMILES string of the molecule is CNC(C)(CSCCOC)C(N)=O. The Morgan fingerprint density at radius 3 is 2.69 bits per heavy atom. The highest BCUT2D eigenvalue weighted by Crippen LogP contribution is 2.12. The van der Waals surface area contributed by atoms with Crippen LogP contribution < -0.4 is 11.1 Å². The van der Waals surface area contributed by atoms with Gasteiger partial charge in [0.05, 0.1) is 6.61 Å². The minimum absolute atomic E-state index is 0.320. The van der Waals surface area contributed by atoms with Gasteiger partial charge in [0, 0.05) is 18.6 Å². The van der Waals surface area contributed by atoms with Crippen LogP contribution in [0.15, 0.2) is 0 Å². The molecule has 0 fully saturated rings. The molecule has 0 saturated heterocycles. The van der Waals surface area contributed by atoms with Crippen LogP contribution in [-0.2, 0) is 9.53 Å². The highest BCUT2D eigenvalue weighted by Gasteiger charge is 2.28. The molecule has 0 spiro atoms. The maximum atomic E-state index is 11.0. The molecular formula is C8H18N2O2S. The van der Waals surface area contributed by atoms with Crippen molar-refractivity contribution < 1.29 is 9.53 Å². The van der Waals surface area contributed by atoms with Crippen molar-refractivity contribution in [2.75, 3.05) is 32.3 Å². The molecule has 13 heavy (non-hydrogen) atoms. The minimum atomic E-state index is -0.613. The van der Waals surface area contributed by atoms with Crippen LogP contribution >= 0.6 is 11.8 Å². The van der Waals surface area contributed by atoms with E-state index in [2.05, 4.69) is 5.32 Å². The topological polar surface area (TPSA) is 64.3 Å². The van der Waals surface area contributed by atoms with Gasteiger partial charge in [0.25, 0.3) is 0 Å². The lowest BCUT2D eigenvalue weighted by atomic mass is 10.1. The molecule has 0 heterocycles. The first-order valence-electron chi connectivity index (χ1n) is 4.12. The van der Waals surface area contributed by atoms with E-state index in [9.17, 15) is 4.79 Å². The van der Waals surface area contributed by atoms with Crippen molar-refractivity contribution in [1.82, 2.24) is 5.32 Å². The monoisotopic (exact) mass is 206 g/mol. The number of primary amides is 1. The standard InChI is InChI=1S/C8H18N2O2S/c1-8(10-2,7(9)11)6-13-5-4-12-3/h10H,4-6H2,1-3H3,(H2,9,11). The molecule has 0 saturated carbocycles. The van der Waals surface area contributed by atoms with Crippen molar-refractivity contribution in [2.45, 2.75) is 12.5 Å². The van der Waals surface area contributed by atoms with Crippen LogP contribution in [-0.4, -0.2) is 43.7 Å². The number of likely N-dealkylation sites (N-methyl/N-ethyl adjacent to an activating group) is 1. The summed E-state index contributed by atoms with van der Waals surface area (Å²) >= 11 is 1.65. The van der Waals surface area contributed by atoms with E-state index in [0.29, 0.717) is 12.4 Å². The van der Waals surface area contributed by atoms with Crippen LogP contribution in [0.2, 0.25) is 0 Å². The third-order valence-electron chi connectivity index (χ3n) is 1.92. The molecule has 0 aromatic carbocycles. The third kappa shape index (κ3) is 4.50. The average molecular weight is 206 g/mol. The number of nitrogens with one attached hydrogen (secondary N) is 1. The van der Waals surface area contributed by atoms with Crippen molar-refractivity contribution in [2.24, 2.45) is 5.73 Å². The molecule has 4 nitrogen and oxygen atoms in total. The average Bonchev–Trinajstić information content (AvgIpc) is 2.12. The Bertz CT molecular complexity index is 166. The first kappa shape index (κ1) is 12.7. The number of hydrogen-bond acceptors (Lipinski definition) is 4. The Balaban J connectivity index is 3.78. The Morgan fingerprint density at radius 2 is 2.31 bits per heavy atom. The molecule has 1 atom stereocenters. The van der Waals surface area contributed by atoms with E-state index in [-0.39, 0.29) is 5.91 Å². The van der Waals surface area contributed by atoms with Gasteiger partial charge in [-0.25, -0.2) is 0 Å². The Hall–Kier alpha value is -0.260. The van der Waals surface area contributed by atoms with E-state index in [0.717, 1.165) is 5.75 Å². The number of methoxy groups -OCH3 is 1. The molecule has 0 aliphatic heterocycles. The Labute approximate surface area is 83.6 Å². The normalized spacial score (nSPS) is 15.3. The summed E-state index contributed by atoms with van der Waals surface area (Å²) in [6.45, 7) is 2.50. The second-order valence-electron chi connectivity index (χ2n) is 2.99. The number of ether oxygens (including phenoxy) is 1. The van der Waals surface area contributed by atoms with Gasteiger partial charge in [-0.3, -0.25) is 4.79 Å². The van der Waals surface area contributed by atoms with Crippen LogP contribution in [0.4, 0.5) is 0 Å². The molecular weight excluding hydrogens is 188 g/mol. The third-order valence-corrected chi connectivity index (χ3v) is 3.15. The van der Waals surface area contributed by atoms with Crippen LogP contribution in [0.1, 0.15) is 6.92 Å². The summed E-state index contributed by atoms with van der Waals surface area (Å²) < 4.78 is 4.89. The van der Waals surface area contributed by atoms with E-state index in [1.165, 1.54) is 0 Å². The zero-order chi connectivity index (χ0) is 10.3. The van der Waals surface area contributed by atoms with E-state index in [4.69, 9.17) is 10.5 Å². The van der Waals surface area contributed by atoms with Gasteiger partial charge in [0.15, 0.2) is 0 Å². The second-order valence-corrected chi connectivity index (χ2v) is 4.10. The van der Waals surface area contributed by atoms with Crippen molar-refractivity contribution in [3.63, 3.8) is 0 Å². The van der Waals surface area contributed by atoms with Crippen LogP contribution in [0.5, 0.6) is 0 Å². The molecule has 0 rings (SSSR count). The maximum Gasteiger partial charge on any atom is 0.238 e. The first-order chi connectivity index (χ1) is 6.06. The summed E-state index contributed by atoms with van der Waals surface area (Å²) in [5.41, 5.74) is 4.64. The predicted octanol–water partition coefficient (Wildman–Crippen LogP) is -0.171. The summed E-state index contributed by atoms with van der Waals surface area (Å²) in [7, 11) is 3.40. The largest absolute Gasteiger partial charge is 0.384 e. The zero-order valence-electron chi connectivity index (χ0n) is 8.42. The molecule has 0 radical (unpaired) electrons. The number of carbonyl (C=O) groups excluding carboxylic acids is 1. The van der Waals surface area contributed by atoms with Crippen LogP contribution in [0.3, 0.4) is 0 Å². The number of carbonyl (C=O) groups is 1. The highest BCUT2D eigenvalue weighted by molar-refractivity contribution is 7.99. The van der Waals surface area contributed by atoms with Gasteiger partial charge in [0.1, 0.15) is 5.54 Å². The molecule has 1 amide bonds. The van der Waals surface area contributed by atoms with Gasteiger partial charge in [-0.1, -0.05) is 0 Å². The summed E-state index contributed by atoms with van der Waals surface area (Å²) in [5.74, 6) is 1.23. The molecule has 78 valence electrons. The smallest absolute Gasteiger partial charge is 0.238 e. The lowest BCUT2D eigenvalue weighted by Gasteiger charge is -2.24. The fourth-order valence-corrected chi connectivity index (χ4v) is 1.81. The molecule has 0 aliphatic rings. The minimum Gasteiger partial charge on any atom is -0.384 e. The molecule has 3 N–H and O–H groups in total. The van der Waals surface area contributed by atoms with Gasteiger partial charge < -0.3 is 15.8 Å². The number of nitrogens with two attached hydrogens (primary N) is 1. The first-order valence-corrected chi connectivity index (χ1v) is 5.28. The van der Waals surface area contributed by atoms with Crippen molar-refractivity contribution in [3.8, 4) is 0 Å². The molecule has 5 heteroatoms. The summed E-state index contributed by atoms with van der Waals surface area (Å²) in [6.07, 6.45) is 0. The molecule has 0 aliphatic carbocycles. The molecule has 1 unspecified atom stereocenters. The highest BCUT2D eigenvalue weighted by atomic mass is 32.2. The quantitative estimate of drug-likeness (QED) is 0.568. The predicted molar refractivity (Wildman–Crippen MR) is 55.9 cm³/mol. The lowest BCUT2D eigenvalue weighted by Crippen LogP contribution is -2.53. The fourth-order valence-electron chi connectivity index (χ4n) is 0.685. The number of thioether (sulfide) groups is 1. The van der Waals surface area contributed by atoms with E-state index in [1.54, 1.807) is 32.8 Å².